The lowest BCUT2D eigenvalue weighted by Crippen LogP contribution is -2.55. The first-order valence-corrected chi connectivity index (χ1v) is 9.72. The Hall–Kier alpha value is -2.79. The van der Waals surface area contributed by atoms with Crippen LogP contribution in [0.25, 0.3) is 11.3 Å². The highest BCUT2D eigenvalue weighted by molar-refractivity contribution is 5.73. The van der Waals surface area contributed by atoms with Gasteiger partial charge in [0.15, 0.2) is 5.82 Å². The SMILES string of the molecule is Cc1c(-c2ccc(C#N)cc2O)nnc2c1CCCN2[C@H]1CN(C)CC(F)(F)C1. The second kappa shape index (κ2) is 7.23. The van der Waals surface area contributed by atoms with Crippen LogP contribution >= 0.6 is 0 Å². The fourth-order valence-electron chi connectivity index (χ4n) is 4.52. The van der Waals surface area contributed by atoms with E-state index in [2.05, 4.69) is 10.2 Å². The third-order valence-corrected chi connectivity index (χ3v) is 5.80. The van der Waals surface area contributed by atoms with Crippen LogP contribution in [0.15, 0.2) is 18.2 Å². The lowest BCUT2D eigenvalue weighted by molar-refractivity contribution is -0.0648. The van der Waals surface area contributed by atoms with Crippen molar-refractivity contribution in [2.24, 2.45) is 0 Å². The number of anilines is 1. The number of halogens is 2. The molecule has 152 valence electrons. The molecule has 2 aromatic rings. The van der Waals surface area contributed by atoms with Crippen molar-refractivity contribution in [2.75, 3.05) is 31.6 Å². The van der Waals surface area contributed by atoms with Crippen molar-refractivity contribution >= 4 is 5.82 Å². The van der Waals surface area contributed by atoms with E-state index in [0.29, 0.717) is 35.7 Å². The van der Waals surface area contributed by atoms with E-state index in [0.717, 1.165) is 24.0 Å². The fraction of sp³-hybridized carbons (Fsp3) is 0.476. The molecule has 1 saturated heterocycles. The molecule has 3 heterocycles. The Kier molecular flexibility index (Phi) is 4.87. The largest absolute Gasteiger partial charge is 0.507 e. The number of phenols is 1. The Balaban J connectivity index is 1.72. The molecule has 0 saturated carbocycles. The second-order valence-corrected chi connectivity index (χ2v) is 8.03. The molecule has 4 rings (SSSR count). The van der Waals surface area contributed by atoms with Crippen molar-refractivity contribution in [2.45, 2.75) is 38.2 Å². The van der Waals surface area contributed by atoms with Gasteiger partial charge < -0.3 is 10.0 Å². The Morgan fingerprint density at radius 3 is 2.79 bits per heavy atom. The van der Waals surface area contributed by atoms with Gasteiger partial charge in [-0.3, -0.25) is 4.90 Å². The van der Waals surface area contributed by atoms with Crippen LogP contribution in [0.1, 0.15) is 29.5 Å². The van der Waals surface area contributed by atoms with Crippen LogP contribution in [0.3, 0.4) is 0 Å². The van der Waals surface area contributed by atoms with Crippen molar-refractivity contribution in [3.63, 3.8) is 0 Å². The topological polar surface area (TPSA) is 76.3 Å². The van der Waals surface area contributed by atoms with Gasteiger partial charge in [0.05, 0.1) is 23.9 Å². The van der Waals surface area contributed by atoms with Crippen molar-refractivity contribution < 1.29 is 13.9 Å². The summed E-state index contributed by atoms with van der Waals surface area (Å²) in [5.74, 6) is -2.07. The number of alkyl halides is 2. The monoisotopic (exact) mass is 399 g/mol. The number of rotatable bonds is 2. The Bertz CT molecular complexity index is 988. The smallest absolute Gasteiger partial charge is 0.262 e. The number of nitriles is 1. The number of hydrogen-bond acceptors (Lipinski definition) is 6. The molecule has 1 aromatic carbocycles. The number of piperidine rings is 1. The number of aromatic nitrogens is 2. The molecule has 0 bridgehead atoms. The molecule has 0 radical (unpaired) electrons. The quantitative estimate of drug-likeness (QED) is 0.836. The van der Waals surface area contributed by atoms with Gasteiger partial charge in [0.1, 0.15) is 5.75 Å². The number of fused-ring (bicyclic) bond motifs is 1. The van der Waals surface area contributed by atoms with Crippen LogP contribution in [-0.4, -0.2) is 58.9 Å². The first kappa shape index (κ1) is 19.5. The molecule has 1 fully saturated rings. The molecule has 29 heavy (non-hydrogen) atoms. The first-order chi connectivity index (χ1) is 13.8. The highest BCUT2D eigenvalue weighted by Crippen LogP contribution is 2.38. The summed E-state index contributed by atoms with van der Waals surface area (Å²) >= 11 is 0. The minimum Gasteiger partial charge on any atom is -0.507 e. The van der Waals surface area contributed by atoms with Crippen LogP contribution in [0.2, 0.25) is 0 Å². The van der Waals surface area contributed by atoms with E-state index in [4.69, 9.17) is 5.26 Å². The predicted molar refractivity (Wildman–Crippen MR) is 105 cm³/mol. The third kappa shape index (κ3) is 3.62. The standard InChI is InChI=1S/C21H23F2N5O/c1-13-16-4-3-7-28(15-9-21(22,23)12-27(2)11-15)20(16)26-25-19(13)17-6-5-14(10-24)8-18(17)29/h5-6,8,15,29H,3-4,7,9,11-12H2,1-2H3/t15-/m1/s1. The minimum atomic E-state index is -2.72. The summed E-state index contributed by atoms with van der Waals surface area (Å²) in [5.41, 5.74) is 3.30. The Morgan fingerprint density at radius 1 is 1.31 bits per heavy atom. The molecule has 0 spiro atoms. The third-order valence-electron chi connectivity index (χ3n) is 5.80. The summed E-state index contributed by atoms with van der Waals surface area (Å²) in [6.07, 6.45) is 1.45. The molecule has 1 aromatic heterocycles. The summed E-state index contributed by atoms with van der Waals surface area (Å²) < 4.78 is 28.3. The van der Waals surface area contributed by atoms with Gasteiger partial charge in [0.2, 0.25) is 0 Å². The number of nitrogens with zero attached hydrogens (tertiary/aromatic N) is 5. The van der Waals surface area contributed by atoms with Gasteiger partial charge in [-0.25, -0.2) is 8.78 Å². The van der Waals surface area contributed by atoms with Crippen molar-refractivity contribution in [3.05, 3.63) is 34.9 Å². The summed E-state index contributed by atoms with van der Waals surface area (Å²) in [7, 11) is 1.72. The van der Waals surface area contributed by atoms with E-state index in [9.17, 15) is 13.9 Å². The summed E-state index contributed by atoms with van der Waals surface area (Å²) in [6.45, 7) is 2.95. The van der Waals surface area contributed by atoms with Gasteiger partial charge in [-0.1, -0.05) is 0 Å². The maximum absolute atomic E-state index is 14.2. The highest BCUT2D eigenvalue weighted by atomic mass is 19.3. The molecular weight excluding hydrogens is 376 g/mol. The number of benzene rings is 1. The van der Waals surface area contributed by atoms with Gasteiger partial charge in [0.25, 0.3) is 5.92 Å². The van der Waals surface area contributed by atoms with Gasteiger partial charge in [-0.15, -0.1) is 10.2 Å². The van der Waals surface area contributed by atoms with Gasteiger partial charge in [-0.2, -0.15) is 5.26 Å². The van der Waals surface area contributed by atoms with Crippen molar-refractivity contribution in [3.8, 4) is 23.1 Å². The fourth-order valence-corrected chi connectivity index (χ4v) is 4.52. The normalized spacial score (nSPS) is 21.5. The average molecular weight is 399 g/mol. The molecule has 0 unspecified atom stereocenters. The zero-order chi connectivity index (χ0) is 20.8. The van der Waals surface area contributed by atoms with Crippen molar-refractivity contribution in [1.82, 2.24) is 15.1 Å². The second-order valence-electron chi connectivity index (χ2n) is 8.03. The van der Waals surface area contributed by atoms with Crippen LogP contribution in [0.5, 0.6) is 5.75 Å². The van der Waals surface area contributed by atoms with Crippen LogP contribution in [0.4, 0.5) is 14.6 Å². The number of aromatic hydroxyl groups is 1. The lowest BCUT2D eigenvalue weighted by Gasteiger charge is -2.43. The molecular formula is C21H23F2N5O. The minimum absolute atomic E-state index is 0.0254. The molecule has 0 aliphatic carbocycles. The summed E-state index contributed by atoms with van der Waals surface area (Å²) in [6, 6.07) is 6.37. The van der Waals surface area contributed by atoms with Crippen LogP contribution in [0, 0.1) is 18.3 Å². The zero-order valence-corrected chi connectivity index (χ0v) is 16.5. The van der Waals surface area contributed by atoms with E-state index in [1.165, 1.54) is 6.07 Å². The van der Waals surface area contributed by atoms with E-state index in [1.807, 2.05) is 17.9 Å². The maximum atomic E-state index is 14.2. The van der Waals surface area contributed by atoms with E-state index in [1.54, 1.807) is 24.1 Å². The van der Waals surface area contributed by atoms with Crippen molar-refractivity contribution in [1.29, 1.82) is 5.26 Å². The molecule has 8 heteroatoms. The number of hydrogen-bond donors (Lipinski definition) is 1. The molecule has 2 aliphatic rings. The maximum Gasteiger partial charge on any atom is 0.262 e. The van der Waals surface area contributed by atoms with E-state index in [-0.39, 0.29) is 24.8 Å². The molecule has 6 nitrogen and oxygen atoms in total. The van der Waals surface area contributed by atoms with E-state index >= 15 is 0 Å². The average Bonchev–Trinajstić information content (AvgIpc) is 2.67. The number of phenolic OH excluding ortho intramolecular Hbond substituents is 1. The molecule has 1 N–H and O–H groups in total. The van der Waals surface area contributed by atoms with E-state index < -0.39 is 5.92 Å². The van der Waals surface area contributed by atoms with Gasteiger partial charge in [0, 0.05) is 36.7 Å². The highest BCUT2D eigenvalue weighted by Gasteiger charge is 2.42. The van der Waals surface area contributed by atoms with Gasteiger partial charge in [-0.05, 0) is 50.6 Å². The van der Waals surface area contributed by atoms with Gasteiger partial charge >= 0.3 is 0 Å². The Morgan fingerprint density at radius 2 is 2.10 bits per heavy atom. The molecule has 1 atom stereocenters. The zero-order valence-electron chi connectivity index (χ0n) is 16.5. The predicted octanol–water partition coefficient (Wildman–Crippen LogP) is 3.12. The molecule has 0 amide bonds. The molecule has 2 aliphatic heterocycles. The first-order valence-electron chi connectivity index (χ1n) is 9.72. The van der Waals surface area contributed by atoms with Crippen LogP contribution < -0.4 is 4.90 Å². The van der Waals surface area contributed by atoms with Crippen LogP contribution in [-0.2, 0) is 6.42 Å². The summed E-state index contributed by atoms with van der Waals surface area (Å²) in [4.78, 5) is 3.65. The summed E-state index contributed by atoms with van der Waals surface area (Å²) in [5, 5.41) is 28.1. The number of likely N-dealkylation sites (tertiary alicyclic amines) is 1. The Labute approximate surface area is 168 Å². The lowest BCUT2D eigenvalue weighted by atomic mass is 9.93. The number of likely N-dealkylation sites (N-methyl/N-ethyl adjacent to an activating group) is 1.